The van der Waals surface area contributed by atoms with Crippen LogP contribution in [-0.4, -0.2) is 7.11 Å². The summed E-state index contributed by atoms with van der Waals surface area (Å²) in [5.74, 6) is 0.991. The van der Waals surface area contributed by atoms with Crippen LogP contribution in [0.1, 0.15) is 12.5 Å². The van der Waals surface area contributed by atoms with Crippen LogP contribution in [0.3, 0.4) is 0 Å². The molecule has 3 heteroatoms. The number of halogens is 1. The molecule has 1 heterocycles. The Morgan fingerprint density at radius 3 is 2.86 bits per heavy atom. The van der Waals surface area contributed by atoms with E-state index in [9.17, 15) is 0 Å². The molecule has 0 unspecified atom stereocenters. The fourth-order valence-electron chi connectivity index (χ4n) is 1.50. The van der Waals surface area contributed by atoms with E-state index in [0.29, 0.717) is 0 Å². The van der Waals surface area contributed by atoms with E-state index in [1.807, 2.05) is 0 Å². The van der Waals surface area contributed by atoms with Crippen LogP contribution < -0.4 is 4.74 Å². The van der Waals surface area contributed by atoms with Gasteiger partial charge in [0.2, 0.25) is 0 Å². The lowest BCUT2D eigenvalue weighted by molar-refractivity contribution is 0.421. The second-order valence-electron chi connectivity index (χ2n) is 3.10. The smallest absolute Gasteiger partial charge is 0.137 e. The van der Waals surface area contributed by atoms with Gasteiger partial charge in [0.05, 0.1) is 7.11 Å². The van der Waals surface area contributed by atoms with Crippen LogP contribution >= 0.6 is 33.9 Å². The molecule has 0 fully saturated rings. The zero-order valence-corrected chi connectivity index (χ0v) is 11.1. The van der Waals surface area contributed by atoms with E-state index in [4.69, 9.17) is 4.74 Å². The number of methoxy groups -OCH3 is 1. The largest absolute Gasteiger partial charge is 0.495 e. The summed E-state index contributed by atoms with van der Waals surface area (Å²) in [7, 11) is 1.72. The van der Waals surface area contributed by atoms with E-state index in [0.717, 1.165) is 12.2 Å². The zero-order valence-electron chi connectivity index (χ0n) is 8.13. The molecule has 0 saturated heterocycles. The highest BCUT2D eigenvalue weighted by Gasteiger charge is 2.07. The van der Waals surface area contributed by atoms with Gasteiger partial charge in [0, 0.05) is 19.0 Å². The average molecular weight is 318 g/mol. The zero-order chi connectivity index (χ0) is 10.1. The predicted molar refractivity (Wildman–Crippen MR) is 70.5 cm³/mol. The highest BCUT2D eigenvalue weighted by Crippen LogP contribution is 2.34. The van der Waals surface area contributed by atoms with Crippen LogP contribution in [0.4, 0.5) is 0 Å². The summed E-state index contributed by atoms with van der Waals surface area (Å²) < 4.78 is 7.95. The lowest BCUT2D eigenvalue weighted by Crippen LogP contribution is -1.86. The van der Waals surface area contributed by atoms with Gasteiger partial charge < -0.3 is 4.74 Å². The van der Waals surface area contributed by atoms with Gasteiger partial charge in [0.1, 0.15) is 5.75 Å². The third-order valence-electron chi connectivity index (χ3n) is 2.31. The lowest BCUT2D eigenvalue weighted by atomic mass is 10.1. The summed E-state index contributed by atoms with van der Waals surface area (Å²) in [6.07, 6.45) is 1.09. The van der Waals surface area contributed by atoms with Crippen molar-refractivity contribution < 1.29 is 4.74 Å². The van der Waals surface area contributed by atoms with Gasteiger partial charge in [-0.3, -0.25) is 0 Å². The normalized spacial score (nSPS) is 10.8. The summed E-state index contributed by atoms with van der Waals surface area (Å²) >= 11 is 4.14. The monoisotopic (exact) mass is 318 g/mol. The lowest BCUT2D eigenvalue weighted by Gasteiger charge is -2.02. The molecule has 0 N–H and O–H groups in total. The van der Waals surface area contributed by atoms with Gasteiger partial charge in [-0.2, -0.15) is 0 Å². The molecule has 2 rings (SSSR count). The van der Waals surface area contributed by atoms with E-state index in [1.54, 1.807) is 18.4 Å². The Kier molecular flexibility index (Phi) is 2.97. The molecule has 0 saturated carbocycles. The van der Waals surface area contributed by atoms with Crippen molar-refractivity contribution in [3.63, 3.8) is 0 Å². The molecule has 1 aromatic carbocycles. The maximum Gasteiger partial charge on any atom is 0.137 e. The van der Waals surface area contributed by atoms with Crippen molar-refractivity contribution in [2.75, 3.05) is 7.11 Å². The van der Waals surface area contributed by atoms with Gasteiger partial charge in [-0.1, -0.05) is 6.92 Å². The first-order valence-electron chi connectivity index (χ1n) is 4.50. The van der Waals surface area contributed by atoms with E-state index in [-0.39, 0.29) is 0 Å². The molecule has 0 aliphatic rings. The molecule has 74 valence electrons. The molecule has 0 atom stereocenters. The number of fused-ring (bicyclic) bond motifs is 1. The molecule has 0 aliphatic carbocycles. The number of hydrogen-bond acceptors (Lipinski definition) is 2. The second-order valence-corrected chi connectivity index (χ2v) is 5.17. The van der Waals surface area contributed by atoms with Gasteiger partial charge in [-0.05, 0) is 46.7 Å². The Labute approximate surface area is 101 Å². The fourth-order valence-corrected chi connectivity index (χ4v) is 3.30. The van der Waals surface area contributed by atoms with Gasteiger partial charge in [-0.25, -0.2) is 0 Å². The third-order valence-corrected chi connectivity index (χ3v) is 4.24. The first-order valence-corrected chi connectivity index (χ1v) is 6.45. The fraction of sp³-hybridized carbons (Fsp3) is 0.273. The van der Waals surface area contributed by atoms with Crippen molar-refractivity contribution in [3.05, 3.63) is 26.6 Å². The summed E-state index contributed by atoms with van der Waals surface area (Å²) in [4.78, 5) is 0. The SMILES string of the molecule is CCc1cc2scc(OC)c2cc1I. The van der Waals surface area contributed by atoms with Crippen LogP contribution in [0.2, 0.25) is 0 Å². The molecule has 0 amide bonds. The van der Waals surface area contributed by atoms with Crippen LogP contribution in [0.15, 0.2) is 17.5 Å². The molecule has 1 nitrogen and oxygen atoms in total. The molecular formula is C11H11IOS. The highest BCUT2D eigenvalue weighted by molar-refractivity contribution is 14.1. The first kappa shape index (κ1) is 10.2. The van der Waals surface area contributed by atoms with Crippen molar-refractivity contribution in [3.8, 4) is 5.75 Å². The van der Waals surface area contributed by atoms with Crippen molar-refractivity contribution in [1.29, 1.82) is 0 Å². The third kappa shape index (κ3) is 1.63. The van der Waals surface area contributed by atoms with E-state index in [2.05, 4.69) is 47.0 Å². The van der Waals surface area contributed by atoms with Crippen molar-refractivity contribution in [2.45, 2.75) is 13.3 Å². The molecule has 0 radical (unpaired) electrons. The Morgan fingerprint density at radius 1 is 1.43 bits per heavy atom. The molecule has 1 aromatic heterocycles. The molecule has 14 heavy (non-hydrogen) atoms. The summed E-state index contributed by atoms with van der Waals surface area (Å²) in [5.41, 5.74) is 1.42. The van der Waals surface area contributed by atoms with Crippen LogP contribution in [0.25, 0.3) is 10.1 Å². The van der Waals surface area contributed by atoms with Gasteiger partial charge >= 0.3 is 0 Å². The quantitative estimate of drug-likeness (QED) is 0.758. The number of ether oxygens (including phenoxy) is 1. The summed E-state index contributed by atoms with van der Waals surface area (Å²) in [6, 6.07) is 4.48. The van der Waals surface area contributed by atoms with Crippen molar-refractivity contribution in [2.24, 2.45) is 0 Å². The van der Waals surface area contributed by atoms with Gasteiger partial charge in [0.15, 0.2) is 0 Å². The van der Waals surface area contributed by atoms with E-state index in [1.165, 1.54) is 19.2 Å². The Hall–Kier alpha value is -0.290. The molecule has 0 spiro atoms. The minimum Gasteiger partial charge on any atom is -0.495 e. The van der Waals surface area contributed by atoms with Gasteiger partial charge in [0.25, 0.3) is 0 Å². The topological polar surface area (TPSA) is 9.23 Å². The number of aryl methyl sites for hydroxylation is 1. The van der Waals surface area contributed by atoms with E-state index >= 15 is 0 Å². The summed E-state index contributed by atoms with van der Waals surface area (Å²) in [6.45, 7) is 2.19. The Balaban J connectivity index is 2.69. The Morgan fingerprint density at radius 2 is 2.21 bits per heavy atom. The van der Waals surface area contributed by atoms with Crippen LogP contribution in [-0.2, 0) is 6.42 Å². The summed E-state index contributed by atoms with van der Waals surface area (Å²) in [5, 5.41) is 3.30. The minimum absolute atomic E-state index is 0.991. The highest BCUT2D eigenvalue weighted by atomic mass is 127. The molecule has 2 aromatic rings. The average Bonchev–Trinajstić information content (AvgIpc) is 2.58. The van der Waals surface area contributed by atoms with Crippen molar-refractivity contribution in [1.82, 2.24) is 0 Å². The molecule has 0 bridgehead atoms. The van der Waals surface area contributed by atoms with Gasteiger partial charge in [-0.15, -0.1) is 11.3 Å². The van der Waals surface area contributed by atoms with Crippen LogP contribution in [0.5, 0.6) is 5.75 Å². The minimum atomic E-state index is 0.991. The number of rotatable bonds is 2. The molecule has 0 aliphatic heterocycles. The predicted octanol–water partition coefficient (Wildman–Crippen LogP) is 4.08. The standard InChI is InChI=1S/C11H11IOS/c1-3-7-4-11-8(5-9(7)12)10(13-2)6-14-11/h4-6H,3H2,1-2H3. The van der Waals surface area contributed by atoms with Crippen LogP contribution in [0, 0.1) is 3.57 Å². The first-order chi connectivity index (χ1) is 6.76. The molecular weight excluding hydrogens is 307 g/mol. The second kappa shape index (κ2) is 4.06. The van der Waals surface area contributed by atoms with E-state index < -0.39 is 0 Å². The van der Waals surface area contributed by atoms with Crippen molar-refractivity contribution >= 4 is 44.0 Å². The maximum atomic E-state index is 5.30. The number of hydrogen-bond donors (Lipinski definition) is 0. The maximum absolute atomic E-state index is 5.30. The number of thiophene rings is 1. The Bertz CT molecular complexity index is 462. The number of benzene rings is 1.